The number of hydrogen-bond acceptors (Lipinski definition) is 4. The first-order valence-corrected chi connectivity index (χ1v) is 6.38. The lowest BCUT2D eigenvalue weighted by Gasteiger charge is -2.14. The number of esters is 1. The van der Waals surface area contributed by atoms with E-state index in [0.717, 1.165) is 16.7 Å². The Kier molecular flexibility index (Phi) is 3.95. The van der Waals surface area contributed by atoms with Crippen molar-refractivity contribution < 1.29 is 19.1 Å². The van der Waals surface area contributed by atoms with E-state index >= 15 is 0 Å². The lowest BCUT2D eigenvalue weighted by Crippen LogP contribution is -2.03. The minimum Gasteiger partial charge on any atom is -0.463 e. The average molecular weight is 274 g/mol. The molecule has 1 atom stereocenters. The summed E-state index contributed by atoms with van der Waals surface area (Å²) in [6.45, 7) is 5.96. The standard InChI is InChI=1S/C16H18O4/c1-9-7-11(3)12(8-10(9)2)15(17)13-5-6-14(20-13)16(18)19-4/h5-8,15,17H,1-4H3. The zero-order valence-electron chi connectivity index (χ0n) is 12.1. The Bertz CT molecular complexity index is 640. The van der Waals surface area contributed by atoms with Crippen molar-refractivity contribution >= 4 is 5.97 Å². The van der Waals surface area contributed by atoms with Gasteiger partial charge < -0.3 is 14.3 Å². The molecule has 1 heterocycles. The summed E-state index contributed by atoms with van der Waals surface area (Å²) < 4.78 is 9.93. The van der Waals surface area contributed by atoms with Gasteiger partial charge >= 0.3 is 5.97 Å². The van der Waals surface area contributed by atoms with Gasteiger partial charge in [-0.2, -0.15) is 0 Å². The number of benzene rings is 1. The highest BCUT2D eigenvalue weighted by molar-refractivity contribution is 5.86. The van der Waals surface area contributed by atoms with Crippen LogP contribution in [0.25, 0.3) is 0 Å². The van der Waals surface area contributed by atoms with E-state index < -0.39 is 12.1 Å². The average Bonchev–Trinajstić information content (AvgIpc) is 2.91. The van der Waals surface area contributed by atoms with Crippen molar-refractivity contribution in [3.05, 3.63) is 58.0 Å². The molecule has 1 aromatic carbocycles. The summed E-state index contributed by atoms with van der Waals surface area (Å²) in [6, 6.07) is 7.06. The quantitative estimate of drug-likeness (QED) is 0.874. The van der Waals surface area contributed by atoms with E-state index in [4.69, 9.17) is 4.42 Å². The van der Waals surface area contributed by atoms with Crippen molar-refractivity contribution in [2.75, 3.05) is 7.11 Å². The summed E-state index contributed by atoms with van der Waals surface area (Å²) in [7, 11) is 1.29. The van der Waals surface area contributed by atoms with Crippen LogP contribution in [0.15, 0.2) is 28.7 Å². The monoisotopic (exact) mass is 274 g/mol. The third kappa shape index (κ3) is 2.60. The van der Waals surface area contributed by atoms with Crippen LogP contribution in [0.4, 0.5) is 0 Å². The lowest BCUT2D eigenvalue weighted by atomic mass is 9.96. The molecule has 0 aliphatic rings. The van der Waals surface area contributed by atoms with E-state index in [0.29, 0.717) is 5.76 Å². The van der Waals surface area contributed by atoms with Crippen LogP contribution in [0.2, 0.25) is 0 Å². The van der Waals surface area contributed by atoms with E-state index in [2.05, 4.69) is 4.74 Å². The van der Waals surface area contributed by atoms with E-state index in [-0.39, 0.29) is 5.76 Å². The van der Waals surface area contributed by atoms with Crippen LogP contribution in [0, 0.1) is 20.8 Å². The van der Waals surface area contributed by atoms with Gasteiger partial charge in [-0.25, -0.2) is 4.79 Å². The summed E-state index contributed by atoms with van der Waals surface area (Å²) in [6.07, 6.45) is -0.896. The van der Waals surface area contributed by atoms with Crippen LogP contribution in [0.3, 0.4) is 0 Å². The predicted octanol–water partition coefficient (Wildman–Crippen LogP) is 3.07. The molecule has 106 valence electrons. The number of aliphatic hydroxyl groups excluding tert-OH is 1. The summed E-state index contributed by atoms with van der Waals surface area (Å²) in [5.74, 6) is -0.139. The molecule has 20 heavy (non-hydrogen) atoms. The highest BCUT2D eigenvalue weighted by atomic mass is 16.5. The van der Waals surface area contributed by atoms with Crippen molar-refractivity contribution in [2.24, 2.45) is 0 Å². The van der Waals surface area contributed by atoms with Gasteiger partial charge in [-0.3, -0.25) is 0 Å². The lowest BCUT2D eigenvalue weighted by molar-refractivity contribution is 0.0558. The van der Waals surface area contributed by atoms with Crippen LogP contribution < -0.4 is 0 Å². The molecular weight excluding hydrogens is 256 g/mol. The van der Waals surface area contributed by atoms with Crippen molar-refractivity contribution in [3.63, 3.8) is 0 Å². The minimum atomic E-state index is -0.896. The molecule has 1 N–H and O–H groups in total. The van der Waals surface area contributed by atoms with Gasteiger partial charge in [0.05, 0.1) is 7.11 Å². The largest absolute Gasteiger partial charge is 0.463 e. The fraction of sp³-hybridized carbons (Fsp3) is 0.312. The van der Waals surface area contributed by atoms with E-state index in [1.807, 2.05) is 32.9 Å². The highest BCUT2D eigenvalue weighted by Gasteiger charge is 2.20. The fourth-order valence-electron chi connectivity index (χ4n) is 2.14. The normalized spacial score (nSPS) is 12.2. The Morgan fingerprint density at radius 2 is 1.80 bits per heavy atom. The first-order chi connectivity index (χ1) is 9.43. The Labute approximate surface area is 118 Å². The molecule has 1 aromatic heterocycles. The summed E-state index contributed by atoms with van der Waals surface area (Å²) in [5.41, 5.74) is 4.04. The molecule has 0 fully saturated rings. The van der Waals surface area contributed by atoms with Gasteiger partial charge in [-0.05, 0) is 55.2 Å². The predicted molar refractivity (Wildman–Crippen MR) is 74.8 cm³/mol. The molecule has 0 aliphatic heterocycles. The van der Waals surface area contributed by atoms with Crippen molar-refractivity contribution in [3.8, 4) is 0 Å². The molecule has 0 amide bonds. The number of aryl methyl sites for hydroxylation is 3. The van der Waals surface area contributed by atoms with Gasteiger partial charge in [0.2, 0.25) is 5.76 Å². The molecule has 0 spiro atoms. The third-order valence-corrected chi connectivity index (χ3v) is 3.46. The summed E-state index contributed by atoms with van der Waals surface area (Å²) in [5, 5.41) is 10.4. The first kappa shape index (κ1) is 14.3. The van der Waals surface area contributed by atoms with Crippen LogP contribution in [-0.2, 0) is 4.74 Å². The van der Waals surface area contributed by atoms with Gasteiger partial charge in [0, 0.05) is 0 Å². The minimum absolute atomic E-state index is 0.0861. The van der Waals surface area contributed by atoms with Crippen molar-refractivity contribution in [1.82, 2.24) is 0 Å². The molecule has 0 radical (unpaired) electrons. The highest BCUT2D eigenvalue weighted by Crippen LogP contribution is 2.28. The van der Waals surface area contributed by atoms with Gasteiger partial charge in [0.1, 0.15) is 11.9 Å². The fourth-order valence-corrected chi connectivity index (χ4v) is 2.14. The number of carbonyl (C=O) groups is 1. The second kappa shape index (κ2) is 5.51. The van der Waals surface area contributed by atoms with Crippen molar-refractivity contribution in [1.29, 1.82) is 0 Å². The zero-order valence-corrected chi connectivity index (χ0v) is 12.1. The molecule has 2 rings (SSSR count). The topological polar surface area (TPSA) is 59.7 Å². The maximum atomic E-state index is 11.4. The number of aliphatic hydroxyl groups is 1. The van der Waals surface area contributed by atoms with Gasteiger partial charge in [-0.1, -0.05) is 12.1 Å². The van der Waals surface area contributed by atoms with E-state index in [9.17, 15) is 9.90 Å². The maximum absolute atomic E-state index is 11.4. The van der Waals surface area contributed by atoms with Gasteiger partial charge in [-0.15, -0.1) is 0 Å². The molecule has 4 nitrogen and oxygen atoms in total. The molecular formula is C16H18O4. The number of furan rings is 1. The smallest absolute Gasteiger partial charge is 0.373 e. The van der Waals surface area contributed by atoms with Gasteiger partial charge in [0.15, 0.2) is 0 Å². The second-order valence-electron chi connectivity index (χ2n) is 4.89. The van der Waals surface area contributed by atoms with E-state index in [1.165, 1.54) is 18.7 Å². The SMILES string of the molecule is COC(=O)c1ccc(C(O)c2cc(C)c(C)cc2C)o1. The third-order valence-electron chi connectivity index (χ3n) is 3.46. The number of methoxy groups -OCH3 is 1. The second-order valence-corrected chi connectivity index (χ2v) is 4.89. The molecule has 0 bridgehead atoms. The van der Waals surface area contributed by atoms with Crippen LogP contribution in [0.5, 0.6) is 0 Å². The van der Waals surface area contributed by atoms with Gasteiger partial charge in [0.25, 0.3) is 0 Å². The Balaban J connectivity index is 2.36. The maximum Gasteiger partial charge on any atom is 0.373 e. The Morgan fingerprint density at radius 3 is 2.45 bits per heavy atom. The molecule has 0 saturated carbocycles. The zero-order chi connectivity index (χ0) is 14.9. The van der Waals surface area contributed by atoms with Crippen molar-refractivity contribution in [2.45, 2.75) is 26.9 Å². The first-order valence-electron chi connectivity index (χ1n) is 6.38. The number of ether oxygens (including phenoxy) is 1. The van der Waals surface area contributed by atoms with Crippen LogP contribution in [-0.4, -0.2) is 18.2 Å². The van der Waals surface area contributed by atoms with Crippen LogP contribution >= 0.6 is 0 Å². The Hall–Kier alpha value is -2.07. The van der Waals surface area contributed by atoms with E-state index in [1.54, 1.807) is 6.07 Å². The summed E-state index contributed by atoms with van der Waals surface area (Å²) in [4.78, 5) is 11.4. The Morgan fingerprint density at radius 1 is 1.15 bits per heavy atom. The molecule has 2 aromatic rings. The molecule has 0 saturated heterocycles. The molecule has 0 aliphatic carbocycles. The number of carbonyl (C=O) groups excluding carboxylic acids is 1. The number of hydrogen-bond donors (Lipinski definition) is 1. The number of rotatable bonds is 3. The molecule has 4 heteroatoms. The molecule has 1 unspecified atom stereocenters. The van der Waals surface area contributed by atoms with Crippen LogP contribution in [0.1, 0.15) is 44.7 Å². The summed E-state index contributed by atoms with van der Waals surface area (Å²) >= 11 is 0.